The Labute approximate surface area is 52.4 Å². The van der Waals surface area contributed by atoms with Crippen LogP contribution in [0.25, 0.3) is 0 Å². The molecule has 0 aliphatic rings. The monoisotopic (exact) mass is 200 g/mol. The molecule has 0 aromatic rings. The van der Waals surface area contributed by atoms with E-state index in [0.29, 0.717) is 0 Å². The normalized spacial score (nSPS) is 10.0. The molecule has 0 saturated carbocycles. The predicted octanol–water partition coefficient (Wildman–Crippen LogP) is 0.445. The molecule has 0 amide bonds. The number of hydrogen-bond acceptors (Lipinski definition) is 2. The minimum atomic E-state index is 0.945. The van der Waals surface area contributed by atoms with Crippen LogP contribution in [0, 0.1) is 0 Å². The topological polar surface area (TPSA) is 15.3 Å². The summed E-state index contributed by atoms with van der Waals surface area (Å²) >= 11 is 2.11. The molecule has 0 aliphatic heterocycles. The van der Waals surface area contributed by atoms with Gasteiger partial charge < -0.3 is 0 Å². The molecule has 0 fully saturated rings. The van der Waals surface area contributed by atoms with Crippen LogP contribution in [-0.4, -0.2) is 25.7 Å². The summed E-state index contributed by atoms with van der Waals surface area (Å²) in [5.41, 5.74) is 0. The van der Waals surface area contributed by atoms with E-state index in [9.17, 15) is 0 Å². The van der Waals surface area contributed by atoms with Gasteiger partial charge in [-0.2, -0.15) is 0 Å². The Hall–Kier alpha value is 0.650. The summed E-state index contributed by atoms with van der Waals surface area (Å²) in [7, 11) is 4.04. The molecule has 38 valence electrons. The molecule has 0 saturated heterocycles. The van der Waals surface area contributed by atoms with Crippen molar-refractivity contribution >= 4 is 22.9 Å². The molecule has 2 nitrogen and oxygen atoms in total. The fourth-order valence-electron chi connectivity index (χ4n) is 0.120. The second-order valence-electron chi connectivity index (χ2n) is 1.37. The minimum Gasteiger partial charge on any atom is -0.296 e. The maximum absolute atomic E-state index is 2.96. The maximum Gasteiger partial charge on any atom is 0.0564 e. The first-order chi connectivity index (χ1) is 2.77. The summed E-state index contributed by atoms with van der Waals surface area (Å²) in [6, 6.07) is 0. The average molecular weight is 200 g/mol. The lowest BCUT2D eigenvalue weighted by Crippen LogP contribution is -2.20. The standard InChI is InChI=1S/C3H9IN2/c1-6(2)3-5-4/h5H,3H2,1-2H3. The van der Waals surface area contributed by atoms with Crippen molar-refractivity contribution in [1.29, 1.82) is 0 Å². The summed E-state index contributed by atoms with van der Waals surface area (Å²) in [6.07, 6.45) is 0. The lowest BCUT2D eigenvalue weighted by atomic mass is 10.9. The van der Waals surface area contributed by atoms with Crippen LogP contribution < -0.4 is 3.53 Å². The van der Waals surface area contributed by atoms with Crippen LogP contribution in [0.1, 0.15) is 0 Å². The van der Waals surface area contributed by atoms with Crippen LogP contribution in [0.4, 0.5) is 0 Å². The van der Waals surface area contributed by atoms with Crippen molar-refractivity contribution in [2.75, 3.05) is 20.8 Å². The highest BCUT2D eigenvalue weighted by molar-refractivity contribution is 14.1. The van der Waals surface area contributed by atoms with Gasteiger partial charge in [0.15, 0.2) is 0 Å². The average Bonchev–Trinajstić information content (AvgIpc) is 1.35. The van der Waals surface area contributed by atoms with Crippen molar-refractivity contribution in [2.45, 2.75) is 0 Å². The fraction of sp³-hybridized carbons (Fsp3) is 1.00. The summed E-state index contributed by atoms with van der Waals surface area (Å²) < 4.78 is 2.96. The van der Waals surface area contributed by atoms with Crippen molar-refractivity contribution < 1.29 is 0 Å². The Morgan fingerprint density at radius 2 is 2.17 bits per heavy atom. The van der Waals surface area contributed by atoms with Crippen LogP contribution in [0.3, 0.4) is 0 Å². The smallest absolute Gasteiger partial charge is 0.0564 e. The van der Waals surface area contributed by atoms with E-state index in [1.807, 2.05) is 14.1 Å². The van der Waals surface area contributed by atoms with Gasteiger partial charge in [0, 0.05) is 22.9 Å². The van der Waals surface area contributed by atoms with Gasteiger partial charge in [0.25, 0.3) is 0 Å². The Balaban J connectivity index is 2.63. The zero-order chi connectivity index (χ0) is 4.99. The van der Waals surface area contributed by atoms with Gasteiger partial charge in [0.1, 0.15) is 0 Å². The van der Waals surface area contributed by atoms with E-state index < -0.39 is 0 Å². The zero-order valence-corrected chi connectivity index (χ0v) is 6.19. The van der Waals surface area contributed by atoms with Gasteiger partial charge in [-0.15, -0.1) is 0 Å². The van der Waals surface area contributed by atoms with E-state index >= 15 is 0 Å². The lowest BCUT2D eigenvalue weighted by molar-refractivity contribution is 0.413. The fourth-order valence-corrected chi connectivity index (χ4v) is 0.802. The van der Waals surface area contributed by atoms with Crippen molar-refractivity contribution in [3.05, 3.63) is 0 Å². The first-order valence-electron chi connectivity index (χ1n) is 1.75. The number of halogens is 1. The predicted molar refractivity (Wildman–Crippen MR) is 35.7 cm³/mol. The van der Waals surface area contributed by atoms with Gasteiger partial charge in [-0.05, 0) is 14.1 Å². The first kappa shape index (κ1) is 6.65. The molecule has 0 aromatic heterocycles. The molecule has 0 rings (SSSR count). The highest BCUT2D eigenvalue weighted by atomic mass is 127. The maximum atomic E-state index is 2.96. The highest BCUT2D eigenvalue weighted by Gasteiger charge is 1.78. The molecule has 3 heteroatoms. The van der Waals surface area contributed by atoms with E-state index in [0.717, 1.165) is 6.67 Å². The van der Waals surface area contributed by atoms with Crippen molar-refractivity contribution in [3.63, 3.8) is 0 Å². The van der Waals surface area contributed by atoms with Gasteiger partial charge in [-0.25, -0.2) is 3.53 Å². The van der Waals surface area contributed by atoms with Crippen LogP contribution in [-0.2, 0) is 0 Å². The van der Waals surface area contributed by atoms with Crippen LogP contribution in [0.15, 0.2) is 0 Å². The first-order valence-corrected chi connectivity index (χ1v) is 2.83. The minimum absolute atomic E-state index is 0.945. The largest absolute Gasteiger partial charge is 0.296 e. The number of nitrogens with zero attached hydrogens (tertiary/aromatic N) is 1. The van der Waals surface area contributed by atoms with E-state index in [1.165, 1.54) is 0 Å². The summed E-state index contributed by atoms with van der Waals surface area (Å²) in [6.45, 7) is 0.945. The molecule has 6 heavy (non-hydrogen) atoms. The SMILES string of the molecule is CN(C)CNI. The molecular formula is C3H9IN2. The highest BCUT2D eigenvalue weighted by Crippen LogP contribution is 1.70. The van der Waals surface area contributed by atoms with Crippen LogP contribution >= 0.6 is 22.9 Å². The Bertz CT molecular complexity index is 30.0. The molecule has 0 radical (unpaired) electrons. The van der Waals surface area contributed by atoms with Gasteiger partial charge in [0.05, 0.1) is 6.67 Å². The van der Waals surface area contributed by atoms with Crippen molar-refractivity contribution in [1.82, 2.24) is 8.43 Å². The third-order valence-electron chi connectivity index (χ3n) is 0.376. The summed E-state index contributed by atoms with van der Waals surface area (Å²) in [5, 5.41) is 0. The molecular weight excluding hydrogens is 191 g/mol. The number of hydrogen-bond donors (Lipinski definition) is 1. The Morgan fingerprint density at radius 1 is 1.67 bits per heavy atom. The van der Waals surface area contributed by atoms with E-state index in [-0.39, 0.29) is 0 Å². The molecule has 0 aliphatic carbocycles. The molecule has 0 unspecified atom stereocenters. The Morgan fingerprint density at radius 3 is 2.17 bits per heavy atom. The van der Waals surface area contributed by atoms with E-state index in [1.54, 1.807) is 0 Å². The zero-order valence-electron chi connectivity index (χ0n) is 4.03. The van der Waals surface area contributed by atoms with Gasteiger partial charge >= 0.3 is 0 Å². The molecule has 1 N–H and O–H groups in total. The lowest BCUT2D eigenvalue weighted by Gasteiger charge is -2.04. The second kappa shape index (κ2) is 3.83. The third kappa shape index (κ3) is 4.65. The van der Waals surface area contributed by atoms with Crippen LogP contribution in [0.2, 0.25) is 0 Å². The van der Waals surface area contributed by atoms with E-state index in [2.05, 4.69) is 31.3 Å². The molecule has 0 aromatic carbocycles. The van der Waals surface area contributed by atoms with Crippen molar-refractivity contribution in [3.8, 4) is 0 Å². The van der Waals surface area contributed by atoms with Gasteiger partial charge in [-0.3, -0.25) is 4.90 Å². The third-order valence-corrected chi connectivity index (χ3v) is 0.717. The molecule has 0 heterocycles. The second-order valence-corrected chi connectivity index (χ2v) is 2.13. The van der Waals surface area contributed by atoms with Gasteiger partial charge in [0.2, 0.25) is 0 Å². The van der Waals surface area contributed by atoms with E-state index in [4.69, 9.17) is 0 Å². The van der Waals surface area contributed by atoms with Crippen molar-refractivity contribution in [2.24, 2.45) is 0 Å². The summed E-state index contributed by atoms with van der Waals surface area (Å²) in [4.78, 5) is 2.06. The molecule has 0 atom stereocenters. The number of rotatable bonds is 2. The summed E-state index contributed by atoms with van der Waals surface area (Å²) in [5.74, 6) is 0. The molecule has 0 spiro atoms. The Kier molecular flexibility index (Phi) is 4.24. The quantitative estimate of drug-likeness (QED) is 0.395. The number of nitrogens with one attached hydrogen (secondary N) is 1. The van der Waals surface area contributed by atoms with Gasteiger partial charge in [-0.1, -0.05) is 0 Å². The van der Waals surface area contributed by atoms with Crippen LogP contribution in [0.5, 0.6) is 0 Å². The molecule has 0 bridgehead atoms.